The first-order valence-corrected chi connectivity index (χ1v) is 9.61. The molecule has 1 unspecified atom stereocenters. The lowest BCUT2D eigenvalue weighted by atomic mass is 9.85. The number of aromatic nitrogens is 5. The van der Waals surface area contributed by atoms with Gasteiger partial charge in [0.25, 0.3) is 5.95 Å². The molecule has 0 aliphatic carbocycles. The number of rotatable bonds is 3. The topological polar surface area (TPSA) is 85.6 Å². The molecule has 2 aromatic heterocycles. The predicted octanol–water partition coefficient (Wildman–Crippen LogP) is 3.79. The van der Waals surface area contributed by atoms with Gasteiger partial charge in [0.05, 0.1) is 17.6 Å². The second kappa shape index (κ2) is 7.35. The Bertz CT molecular complexity index is 1300. The van der Waals surface area contributed by atoms with Crippen LogP contribution in [0.2, 0.25) is 0 Å². The van der Waals surface area contributed by atoms with Gasteiger partial charge in [-0.3, -0.25) is 4.79 Å². The van der Waals surface area contributed by atoms with Crippen LogP contribution in [0.1, 0.15) is 29.2 Å². The van der Waals surface area contributed by atoms with Crippen molar-refractivity contribution >= 4 is 11.7 Å². The molecule has 154 valence electrons. The van der Waals surface area contributed by atoms with E-state index < -0.39 is 5.92 Å². The molecule has 0 radical (unpaired) electrons. The van der Waals surface area contributed by atoms with Crippen LogP contribution in [0.5, 0.6) is 0 Å². The largest absolute Gasteiger partial charge is 0.310 e. The summed E-state index contributed by atoms with van der Waals surface area (Å²) in [5, 5.41) is 15.4. The number of halogens is 2. The SMILES string of the molecule is Cc1nn(-c2nncc(-c3ccc(F)cc3)n2)c2c1C(c1ccccc1F)CC(=O)N2. The maximum Gasteiger partial charge on any atom is 0.272 e. The van der Waals surface area contributed by atoms with E-state index in [0.717, 1.165) is 0 Å². The highest BCUT2D eigenvalue weighted by molar-refractivity contribution is 5.95. The van der Waals surface area contributed by atoms with Crippen molar-refractivity contribution in [3.8, 4) is 17.2 Å². The highest BCUT2D eigenvalue weighted by Crippen LogP contribution is 2.40. The van der Waals surface area contributed by atoms with Crippen LogP contribution in [-0.2, 0) is 4.79 Å². The first-order chi connectivity index (χ1) is 15.0. The summed E-state index contributed by atoms with van der Waals surface area (Å²) in [5.74, 6) is -0.946. The van der Waals surface area contributed by atoms with E-state index in [1.807, 2.05) is 0 Å². The fourth-order valence-electron chi connectivity index (χ4n) is 3.86. The van der Waals surface area contributed by atoms with Gasteiger partial charge in [-0.05, 0) is 42.8 Å². The molecule has 1 aliphatic heterocycles. The fourth-order valence-corrected chi connectivity index (χ4v) is 3.86. The van der Waals surface area contributed by atoms with Crippen molar-refractivity contribution < 1.29 is 13.6 Å². The number of hydrogen-bond acceptors (Lipinski definition) is 5. The Hall–Kier alpha value is -4.01. The molecule has 4 aromatic rings. The number of nitrogens with zero attached hydrogens (tertiary/aromatic N) is 5. The minimum Gasteiger partial charge on any atom is -0.310 e. The first kappa shape index (κ1) is 19.0. The lowest BCUT2D eigenvalue weighted by molar-refractivity contribution is -0.116. The molecule has 0 saturated carbocycles. The second-order valence-electron chi connectivity index (χ2n) is 7.23. The number of benzene rings is 2. The Morgan fingerprint density at radius 3 is 2.65 bits per heavy atom. The molecule has 0 bridgehead atoms. The van der Waals surface area contributed by atoms with Gasteiger partial charge in [0.2, 0.25) is 5.91 Å². The standard InChI is InChI=1S/C22H16F2N6O/c1-12-20-16(15-4-2-3-5-17(15)24)10-19(31)27-21(20)30(29-12)22-26-18(11-25-28-22)13-6-8-14(23)9-7-13/h2-9,11,16H,10H2,1H3,(H,27,31). The van der Waals surface area contributed by atoms with Crippen molar-refractivity contribution in [1.29, 1.82) is 0 Å². The van der Waals surface area contributed by atoms with Crippen molar-refractivity contribution in [3.05, 3.63) is 83.2 Å². The van der Waals surface area contributed by atoms with E-state index in [4.69, 9.17) is 0 Å². The summed E-state index contributed by atoms with van der Waals surface area (Å²) >= 11 is 0. The van der Waals surface area contributed by atoms with Gasteiger partial charge in [0.15, 0.2) is 0 Å². The van der Waals surface area contributed by atoms with Crippen LogP contribution in [-0.4, -0.2) is 30.9 Å². The van der Waals surface area contributed by atoms with Crippen LogP contribution < -0.4 is 5.32 Å². The lowest BCUT2D eigenvalue weighted by Crippen LogP contribution is -2.25. The normalized spacial score (nSPS) is 15.5. The molecule has 1 aliphatic rings. The average molecular weight is 418 g/mol. The average Bonchev–Trinajstić information content (AvgIpc) is 3.10. The Morgan fingerprint density at radius 2 is 1.87 bits per heavy atom. The molecule has 0 fully saturated rings. The van der Waals surface area contributed by atoms with Crippen LogP contribution in [0.4, 0.5) is 14.6 Å². The highest BCUT2D eigenvalue weighted by Gasteiger charge is 2.34. The first-order valence-electron chi connectivity index (χ1n) is 9.61. The van der Waals surface area contributed by atoms with E-state index in [1.165, 1.54) is 29.1 Å². The molecular formula is C22H16F2N6O. The summed E-state index contributed by atoms with van der Waals surface area (Å²) in [7, 11) is 0. The molecule has 31 heavy (non-hydrogen) atoms. The number of hydrogen-bond donors (Lipinski definition) is 1. The molecule has 5 rings (SSSR count). The molecule has 0 spiro atoms. The Labute approximate surface area is 175 Å². The van der Waals surface area contributed by atoms with Crippen molar-refractivity contribution in [2.24, 2.45) is 0 Å². The minimum atomic E-state index is -0.480. The molecule has 9 heteroatoms. The van der Waals surface area contributed by atoms with E-state index in [2.05, 4.69) is 25.6 Å². The van der Waals surface area contributed by atoms with Crippen molar-refractivity contribution in [2.75, 3.05) is 5.32 Å². The molecule has 0 saturated heterocycles. The van der Waals surface area contributed by atoms with Gasteiger partial charge in [0.1, 0.15) is 17.5 Å². The number of carbonyl (C=O) groups excluding carboxylic acids is 1. The summed E-state index contributed by atoms with van der Waals surface area (Å²) < 4.78 is 29.2. The Kier molecular flexibility index (Phi) is 4.50. The maximum absolute atomic E-state index is 14.5. The monoisotopic (exact) mass is 418 g/mol. The second-order valence-corrected chi connectivity index (χ2v) is 7.23. The number of aryl methyl sites for hydroxylation is 1. The number of carbonyl (C=O) groups is 1. The van der Waals surface area contributed by atoms with Gasteiger partial charge in [-0.2, -0.15) is 14.9 Å². The third kappa shape index (κ3) is 3.33. The molecule has 1 atom stereocenters. The summed E-state index contributed by atoms with van der Waals surface area (Å²) in [6.07, 6.45) is 1.56. The predicted molar refractivity (Wildman–Crippen MR) is 109 cm³/mol. The zero-order valence-electron chi connectivity index (χ0n) is 16.4. The zero-order valence-corrected chi connectivity index (χ0v) is 16.4. The summed E-state index contributed by atoms with van der Waals surface area (Å²) in [4.78, 5) is 17.0. The number of fused-ring (bicyclic) bond motifs is 1. The quantitative estimate of drug-likeness (QED) is 0.547. The molecular weight excluding hydrogens is 402 g/mol. The van der Waals surface area contributed by atoms with Gasteiger partial charge in [-0.15, -0.1) is 5.10 Å². The fraction of sp³-hybridized carbons (Fsp3) is 0.136. The Morgan fingerprint density at radius 1 is 1.10 bits per heavy atom. The molecule has 3 heterocycles. The van der Waals surface area contributed by atoms with Crippen LogP contribution >= 0.6 is 0 Å². The summed E-state index contributed by atoms with van der Waals surface area (Å²) in [6.45, 7) is 1.79. The van der Waals surface area contributed by atoms with E-state index in [1.54, 1.807) is 37.3 Å². The maximum atomic E-state index is 14.5. The van der Waals surface area contributed by atoms with Gasteiger partial charge < -0.3 is 5.32 Å². The smallest absolute Gasteiger partial charge is 0.272 e. The van der Waals surface area contributed by atoms with Crippen molar-refractivity contribution in [2.45, 2.75) is 19.3 Å². The van der Waals surface area contributed by atoms with E-state index in [9.17, 15) is 13.6 Å². The van der Waals surface area contributed by atoms with Gasteiger partial charge >= 0.3 is 0 Å². The summed E-state index contributed by atoms with van der Waals surface area (Å²) in [5.41, 5.74) is 2.89. The minimum absolute atomic E-state index is 0.106. The third-order valence-electron chi connectivity index (χ3n) is 5.26. The number of anilines is 1. The third-order valence-corrected chi connectivity index (χ3v) is 5.26. The van der Waals surface area contributed by atoms with Crippen LogP contribution in [0.15, 0.2) is 54.7 Å². The lowest BCUT2D eigenvalue weighted by Gasteiger charge is -2.24. The highest BCUT2D eigenvalue weighted by atomic mass is 19.1. The van der Waals surface area contributed by atoms with Crippen molar-refractivity contribution in [1.82, 2.24) is 25.0 Å². The van der Waals surface area contributed by atoms with E-state index in [0.29, 0.717) is 33.9 Å². The van der Waals surface area contributed by atoms with Crippen LogP contribution in [0.25, 0.3) is 17.2 Å². The van der Waals surface area contributed by atoms with Gasteiger partial charge in [-0.1, -0.05) is 18.2 Å². The molecule has 1 N–H and O–H groups in total. The summed E-state index contributed by atoms with van der Waals surface area (Å²) in [6, 6.07) is 12.2. The molecule has 1 amide bonds. The number of amides is 1. The van der Waals surface area contributed by atoms with E-state index in [-0.39, 0.29) is 29.9 Å². The Balaban J connectivity index is 1.63. The van der Waals surface area contributed by atoms with Crippen LogP contribution in [0, 0.1) is 18.6 Å². The zero-order chi connectivity index (χ0) is 21.5. The van der Waals surface area contributed by atoms with Crippen molar-refractivity contribution in [3.63, 3.8) is 0 Å². The number of nitrogens with one attached hydrogen (secondary N) is 1. The molecule has 2 aromatic carbocycles. The van der Waals surface area contributed by atoms with Gasteiger partial charge in [-0.25, -0.2) is 13.8 Å². The molecule has 7 nitrogen and oxygen atoms in total. The van der Waals surface area contributed by atoms with E-state index >= 15 is 0 Å². The van der Waals surface area contributed by atoms with Crippen LogP contribution in [0.3, 0.4) is 0 Å². The van der Waals surface area contributed by atoms with Gasteiger partial charge in [0, 0.05) is 23.5 Å².